The van der Waals surface area contributed by atoms with Crippen LogP contribution in [0.15, 0.2) is 63.5 Å². The molecular formula is C24H15BrClF2N3O3S. The Hall–Kier alpha value is -3.34. The number of benzene rings is 3. The van der Waals surface area contributed by atoms with Crippen molar-refractivity contribution >= 4 is 73.6 Å². The number of carbonyl (C=O) groups is 1. The van der Waals surface area contributed by atoms with Crippen LogP contribution in [-0.4, -0.2) is 23.1 Å². The summed E-state index contributed by atoms with van der Waals surface area (Å²) in [6.45, 7) is 0. The Morgan fingerprint density at radius 3 is 2.71 bits per heavy atom. The quantitative estimate of drug-likeness (QED) is 0.155. The standard InChI is InChI=1S/C24H15BrClF2N3O3S/c1-33-20-5-3-13(25)8-12(20)2-7-22(32)31-24(35)29-14-4-6-21-19(9-14)30-23(34-21)15-10-17(27)18(28)11-16(15)26/h2-11H,1H3,(H2,29,31,32,35)/b7-2+. The van der Waals surface area contributed by atoms with Gasteiger partial charge in [-0.1, -0.05) is 27.5 Å². The van der Waals surface area contributed by atoms with E-state index in [2.05, 4.69) is 31.5 Å². The van der Waals surface area contributed by atoms with E-state index in [1.807, 2.05) is 12.1 Å². The lowest BCUT2D eigenvalue weighted by Gasteiger charge is -2.08. The minimum atomic E-state index is -1.07. The topological polar surface area (TPSA) is 76.4 Å². The number of ether oxygens (including phenoxy) is 1. The second-order valence-corrected chi connectivity index (χ2v) is 8.84. The first-order chi connectivity index (χ1) is 16.7. The number of fused-ring (bicyclic) bond motifs is 1. The molecule has 6 nitrogen and oxygen atoms in total. The highest BCUT2D eigenvalue weighted by Gasteiger charge is 2.16. The number of anilines is 1. The third-order valence-electron chi connectivity index (χ3n) is 4.73. The zero-order chi connectivity index (χ0) is 25.1. The molecule has 35 heavy (non-hydrogen) atoms. The van der Waals surface area contributed by atoms with Gasteiger partial charge in [-0.2, -0.15) is 0 Å². The molecule has 0 radical (unpaired) electrons. The molecule has 0 bridgehead atoms. The molecular weight excluding hydrogens is 564 g/mol. The molecule has 3 aromatic carbocycles. The summed E-state index contributed by atoms with van der Waals surface area (Å²) in [4.78, 5) is 16.6. The number of rotatable bonds is 5. The second kappa shape index (κ2) is 10.5. The van der Waals surface area contributed by atoms with Crippen molar-refractivity contribution in [2.24, 2.45) is 0 Å². The Bertz CT molecular complexity index is 1490. The Balaban J connectivity index is 1.45. The molecule has 2 N–H and O–H groups in total. The first-order valence-electron chi connectivity index (χ1n) is 9.92. The van der Waals surface area contributed by atoms with Crippen molar-refractivity contribution in [3.63, 3.8) is 0 Å². The number of carbonyl (C=O) groups excluding carboxylic acids is 1. The van der Waals surface area contributed by atoms with Gasteiger partial charge < -0.3 is 14.5 Å². The lowest BCUT2D eigenvalue weighted by molar-refractivity contribution is -0.115. The summed E-state index contributed by atoms with van der Waals surface area (Å²) in [6.07, 6.45) is 2.94. The number of aromatic nitrogens is 1. The fraction of sp³-hybridized carbons (Fsp3) is 0.0417. The van der Waals surface area contributed by atoms with Crippen molar-refractivity contribution < 1.29 is 22.7 Å². The molecule has 4 rings (SSSR count). The third-order valence-corrected chi connectivity index (χ3v) is 5.74. The largest absolute Gasteiger partial charge is 0.496 e. The van der Waals surface area contributed by atoms with Crippen LogP contribution in [0.4, 0.5) is 14.5 Å². The van der Waals surface area contributed by atoms with E-state index in [4.69, 9.17) is 33.0 Å². The molecule has 0 spiro atoms. The van der Waals surface area contributed by atoms with E-state index in [1.54, 1.807) is 37.5 Å². The van der Waals surface area contributed by atoms with Crippen molar-refractivity contribution in [3.8, 4) is 17.2 Å². The number of hydrogen-bond acceptors (Lipinski definition) is 5. The number of nitrogens with zero attached hydrogens (tertiary/aromatic N) is 1. The first kappa shape index (κ1) is 24.8. The van der Waals surface area contributed by atoms with Crippen LogP contribution in [0.5, 0.6) is 5.75 Å². The van der Waals surface area contributed by atoms with Crippen molar-refractivity contribution in [1.82, 2.24) is 10.3 Å². The zero-order valence-electron chi connectivity index (χ0n) is 17.9. The smallest absolute Gasteiger partial charge is 0.250 e. The van der Waals surface area contributed by atoms with E-state index in [0.717, 1.165) is 16.6 Å². The summed E-state index contributed by atoms with van der Waals surface area (Å²) in [5.41, 5.74) is 2.17. The van der Waals surface area contributed by atoms with E-state index in [1.165, 1.54) is 6.08 Å². The lowest BCUT2D eigenvalue weighted by Crippen LogP contribution is -2.32. The number of amides is 1. The van der Waals surface area contributed by atoms with E-state index in [9.17, 15) is 13.6 Å². The highest BCUT2D eigenvalue weighted by atomic mass is 79.9. The first-order valence-corrected chi connectivity index (χ1v) is 11.5. The number of thiocarbonyl (C=S) groups is 1. The second-order valence-electron chi connectivity index (χ2n) is 7.11. The van der Waals surface area contributed by atoms with Gasteiger partial charge in [-0.05, 0) is 66.8 Å². The molecule has 0 fully saturated rings. The van der Waals surface area contributed by atoms with Crippen molar-refractivity contribution in [1.29, 1.82) is 0 Å². The van der Waals surface area contributed by atoms with Crippen molar-refractivity contribution in [2.75, 3.05) is 12.4 Å². The molecule has 0 saturated heterocycles. The molecule has 0 unspecified atom stereocenters. The van der Waals surface area contributed by atoms with E-state index in [0.29, 0.717) is 28.1 Å². The number of halogens is 4. The Morgan fingerprint density at radius 2 is 1.94 bits per heavy atom. The minimum Gasteiger partial charge on any atom is -0.496 e. The van der Waals surface area contributed by atoms with Crippen LogP contribution in [0.25, 0.3) is 28.6 Å². The van der Waals surface area contributed by atoms with Gasteiger partial charge in [0.1, 0.15) is 11.3 Å². The SMILES string of the molecule is COc1ccc(Br)cc1/C=C/C(=O)NC(=S)Nc1ccc2oc(-c3cc(F)c(F)cc3Cl)nc2c1. The minimum absolute atomic E-state index is 0.0324. The van der Waals surface area contributed by atoms with Gasteiger partial charge in [0.25, 0.3) is 0 Å². The van der Waals surface area contributed by atoms with E-state index < -0.39 is 17.5 Å². The Labute approximate surface area is 217 Å². The van der Waals surface area contributed by atoms with Gasteiger partial charge in [-0.3, -0.25) is 10.1 Å². The van der Waals surface area contributed by atoms with Crippen LogP contribution in [0.3, 0.4) is 0 Å². The van der Waals surface area contributed by atoms with Gasteiger partial charge in [-0.25, -0.2) is 13.8 Å². The number of hydrogen-bond donors (Lipinski definition) is 2. The summed E-state index contributed by atoms with van der Waals surface area (Å²) in [6, 6.07) is 12.1. The van der Waals surface area contributed by atoms with Gasteiger partial charge in [0.05, 0.1) is 17.7 Å². The predicted molar refractivity (Wildman–Crippen MR) is 138 cm³/mol. The third kappa shape index (κ3) is 5.84. The van der Waals surface area contributed by atoms with Crippen LogP contribution in [0.2, 0.25) is 5.02 Å². The fourth-order valence-corrected chi connectivity index (χ4v) is 3.95. The molecule has 1 heterocycles. The summed E-state index contributed by atoms with van der Waals surface area (Å²) in [7, 11) is 1.54. The normalized spacial score (nSPS) is 11.1. The highest BCUT2D eigenvalue weighted by Crippen LogP contribution is 2.32. The molecule has 0 saturated carbocycles. The zero-order valence-corrected chi connectivity index (χ0v) is 21.0. The molecule has 1 amide bonds. The molecule has 1 aromatic heterocycles. The van der Waals surface area contributed by atoms with Crippen LogP contribution < -0.4 is 15.4 Å². The molecule has 4 aromatic rings. The number of methoxy groups -OCH3 is 1. The summed E-state index contributed by atoms with van der Waals surface area (Å²) >= 11 is 14.6. The Kier molecular flexibility index (Phi) is 7.44. The molecule has 0 atom stereocenters. The van der Waals surface area contributed by atoms with Gasteiger partial charge in [0, 0.05) is 21.8 Å². The van der Waals surface area contributed by atoms with Gasteiger partial charge in [0.2, 0.25) is 11.8 Å². The highest BCUT2D eigenvalue weighted by molar-refractivity contribution is 9.10. The summed E-state index contributed by atoms with van der Waals surface area (Å²) in [5, 5.41) is 5.47. The van der Waals surface area contributed by atoms with Gasteiger partial charge in [-0.15, -0.1) is 0 Å². The molecule has 0 aliphatic rings. The van der Waals surface area contributed by atoms with Crippen LogP contribution in [0.1, 0.15) is 5.56 Å². The van der Waals surface area contributed by atoms with Crippen LogP contribution >= 0.6 is 39.7 Å². The van der Waals surface area contributed by atoms with E-state index in [-0.39, 0.29) is 21.6 Å². The monoisotopic (exact) mass is 577 g/mol. The number of oxazole rings is 1. The van der Waals surface area contributed by atoms with Crippen molar-refractivity contribution in [3.05, 3.63) is 81.3 Å². The molecule has 0 aliphatic heterocycles. The maximum atomic E-state index is 13.6. The molecule has 0 aliphatic carbocycles. The van der Waals surface area contributed by atoms with Crippen molar-refractivity contribution in [2.45, 2.75) is 0 Å². The average molecular weight is 579 g/mol. The van der Waals surface area contributed by atoms with Crippen LogP contribution in [0, 0.1) is 11.6 Å². The molecule has 11 heteroatoms. The number of nitrogens with one attached hydrogen (secondary N) is 2. The van der Waals surface area contributed by atoms with Gasteiger partial charge in [0.15, 0.2) is 22.3 Å². The molecule has 178 valence electrons. The fourth-order valence-electron chi connectivity index (χ4n) is 3.12. The maximum absolute atomic E-state index is 13.6. The summed E-state index contributed by atoms with van der Waals surface area (Å²) < 4.78 is 38.7. The Morgan fingerprint density at radius 1 is 1.17 bits per heavy atom. The predicted octanol–water partition coefficient (Wildman–Crippen LogP) is 6.72. The lowest BCUT2D eigenvalue weighted by atomic mass is 10.2. The maximum Gasteiger partial charge on any atom is 0.250 e. The van der Waals surface area contributed by atoms with E-state index >= 15 is 0 Å². The van der Waals surface area contributed by atoms with Gasteiger partial charge >= 0.3 is 0 Å². The van der Waals surface area contributed by atoms with Crippen LogP contribution in [-0.2, 0) is 4.79 Å². The average Bonchev–Trinajstić information content (AvgIpc) is 3.23. The summed E-state index contributed by atoms with van der Waals surface area (Å²) in [5.74, 6) is -1.93.